The van der Waals surface area contributed by atoms with Gasteiger partial charge in [0.05, 0.1) is 17.1 Å². The maximum absolute atomic E-state index is 10.0. The molecule has 1 heterocycles. The molecule has 1 N–H and O–H groups in total. The number of nitrogens with zero attached hydrogens (tertiary/aromatic N) is 2. The average molecular weight is 262 g/mol. The summed E-state index contributed by atoms with van der Waals surface area (Å²) in [6.45, 7) is 3.45. The molecule has 0 saturated carbocycles. The van der Waals surface area contributed by atoms with Crippen molar-refractivity contribution in [3.05, 3.63) is 30.1 Å². The molecule has 0 bridgehead atoms. The van der Waals surface area contributed by atoms with Gasteiger partial charge in [-0.05, 0) is 25.0 Å². The quantitative estimate of drug-likeness (QED) is 0.779. The van der Waals surface area contributed by atoms with Gasteiger partial charge in [-0.3, -0.25) is 0 Å². The number of hydrogen-bond donors (Lipinski definition) is 1. The second-order valence-electron chi connectivity index (χ2n) is 4.83. The SMILES string of the molecule is CCCOCCC(O)Cc1nc2ccccc2n1C. The smallest absolute Gasteiger partial charge is 0.112 e. The Morgan fingerprint density at radius 3 is 2.84 bits per heavy atom. The molecule has 1 unspecified atom stereocenters. The van der Waals surface area contributed by atoms with E-state index in [1.165, 1.54) is 0 Å². The second-order valence-corrected chi connectivity index (χ2v) is 4.83. The lowest BCUT2D eigenvalue weighted by Gasteiger charge is -2.10. The summed E-state index contributed by atoms with van der Waals surface area (Å²) in [5, 5.41) is 10.0. The number of imidazole rings is 1. The summed E-state index contributed by atoms with van der Waals surface area (Å²) >= 11 is 0. The van der Waals surface area contributed by atoms with Crippen molar-refractivity contribution in [1.82, 2.24) is 9.55 Å². The Balaban J connectivity index is 1.95. The number of aliphatic hydroxyl groups is 1. The molecule has 2 aromatic rings. The molecule has 0 radical (unpaired) electrons. The van der Waals surface area contributed by atoms with Crippen LogP contribution in [0.3, 0.4) is 0 Å². The van der Waals surface area contributed by atoms with E-state index in [0.717, 1.165) is 29.9 Å². The molecule has 0 aliphatic heterocycles. The Hall–Kier alpha value is -1.39. The van der Waals surface area contributed by atoms with Crippen LogP contribution in [0.5, 0.6) is 0 Å². The number of benzene rings is 1. The van der Waals surface area contributed by atoms with Crippen molar-refractivity contribution < 1.29 is 9.84 Å². The Morgan fingerprint density at radius 1 is 1.32 bits per heavy atom. The van der Waals surface area contributed by atoms with Crippen LogP contribution in [0, 0.1) is 0 Å². The Bertz CT molecular complexity index is 522. The molecule has 0 amide bonds. The van der Waals surface area contributed by atoms with Gasteiger partial charge >= 0.3 is 0 Å². The van der Waals surface area contributed by atoms with Gasteiger partial charge in [0.25, 0.3) is 0 Å². The topological polar surface area (TPSA) is 47.3 Å². The molecule has 1 aromatic heterocycles. The first-order valence-electron chi connectivity index (χ1n) is 6.88. The fourth-order valence-corrected chi connectivity index (χ4v) is 2.16. The summed E-state index contributed by atoms with van der Waals surface area (Å²) in [6.07, 6.45) is 1.84. The number of rotatable bonds is 7. The third-order valence-corrected chi connectivity index (χ3v) is 3.24. The molecule has 104 valence electrons. The van der Waals surface area contributed by atoms with Crippen LogP contribution in [0.15, 0.2) is 24.3 Å². The maximum Gasteiger partial charge on any atom is 0.112 e. The van der Waals surface area contributed by atoms with Crippen LogP contribution in [0.4, 0.5) is 0 Å². The van der Waals surface area contributed by atoms with Crippen molar-refractivity contribution in [2.45, 2.75) is 32.3 Å². The highest BCUT2D eigenvalue weighted by Gasteiger charge is 2.12. The molecule has 1 aromatic carbocycles. The lowest BCUT2D eigenvalue weighted by Crippen LogP contribution is -2.16. The van der Waals surface area contributed by atoms with Crippen LogP contribution >= 0.6 is 0 Å². The predicted octanol–water partition coefficient (Wildman–Crippen LogP) is 2.29. The summed E-state index contributed by atoms with van der Waals surface area (Å²) in [6, 6.07) is 8.02. The van der Waals surface area contributed by atoms with E-state index in [1.807, 2.05) is 35.9 Å². The van der Waals surface area contributed by atoms with Crippen LogP contribution in [0.2, 0.25) is 0 Å². The van der Waals surface area contributed by atoms with Gasteiger partial charge in [-0.1, -0.05) is 19.1 Å². The third kappa shape index (κ3) is 3.55. The monoisotopic (exact) mass is 262 g/mol. The van der Waals surface area contributed by atoms with Crippen LogP contribution in [0.25, 0.3) is 11.0 Å². The number of aromatic nitrogens is 2. The van der Waals surface area contributed by atoms with Gasteiger partial charge < -0.3 is 14.4 Å². The van der Waals surface area contributed by atoms with E-state index >= 15 is 0 Å². The van der Waals surface area contributed by atoms with E-state index < -0.39 is 6.10 Å². The first kappa shape index (κ1) is 14.0. The highest BCUT2D eigenvalue weighted by molar-refractivity contribution is 5.75. The summed E-state index contributed by atoms with van der Waals surface area (Å²) in [4.78, 5) is 4.56. The Kier molecular flexibility index (Phi) is 4.93. The van der Waals surface area contributed by atoms with Crippen molar-refractivity contribution in [1.29, 1.82) is 0 Å². The molecule has 4 nitrogen and oxygen atoms in total. The zero-order valence-corrected chi connectivity index (χ0v) is 11.7. The highest BCUT2D eigenvalue weighted by Crippen LogP contribution is 2.15. The molecule has 0 aliphatic carbocycles. The minimum Gasteiger partial charge on any atom is -0.393 e. The first-order chi connectivity index (χ1) is 9.22. The van der Waals surface area contributed by atoms with Gasteiger partial charge in [0.2, 0.25) is 0 Å². The molecule has 0 spiro atoms. The summed E-state index contributed by atoms with van der Waals surface area (Å²) in [5.41, 5.74) is 2.08. The van der Waals surface area contributed by atoms with Crippen LogP contribution in [-0.2, 0) is 18.2 Å². The Labute approximate surface area is 114 Å². The van der Waals surface area contributed by atoms with Crippen LogP contribution < -0.4 is 0 Å². The average Bonchev–Trinajstić information content (AvgIpc) is 2.72. The van der Waals surface area contributed by atoms with Gasteiger partial charge in [0.1, 0.15) is 5.82 Å². The van der Waals surface area contributed by atoms with E-state index in [2.05, 4.69) is 11.9 Å². The first-order valence-corrected chi connectivity index (χ1v) is 6.88. The van der Waals surface area contributed by atoms with Crippen molar-refractivity contribution in [2.24, 2.45) is 7.05 Å². The number of ether oxygens (including phenoxy) is 1. The van der Waals surface area contributed by atoms with Crippen molar-refractivity contribution in [2.75, 3.05) is 13.2 Å². The van der Waals surface area contributed by atoms with Crippen molar-refractivity contribution >= 4 is 11.0 Å². The molecule has 0 aliphatic rings. The van der Waals surface area contributed by atoms with Gasteiger partial charge in [0, 0.05) is 26.7 Å². The molecule has 0 fully saturated rings. The molecule has 4 heteroatoms. The summed E-state index contributed by atoms with van der Waals surface area (Å²) in [7, 11) is 1.99. The lowest BCUT2D eigenvalue weighted by molar-refractivity contribution is 0.0813. The zero-order chi connectivity index (χ0) is 13.7. The minimum atomic E-state index is -0.396. The van der Waals surface area contributed by atoms with Gasteiger partial charge in [0.15, 0.2) is 0 Å². The van der Waals surface area contributed by atoms with Crippen LogP contribution in [-0.4, -0.2) is 34.0 Å². The number of aryl methyl sites for hydroxylation is 1. The zero-order valence-electron chi connectivity index (χ0n) is 11.7. The normalized spacial score (nSPS) is 13.0. The Morgan fingerprint density at radius 2 is 2.11 bits per heavy atom. The van der Waals surface area contributed by atoms with E-state index in [1.54, 1.807) is 0 Å². The summed E-state index contributed by atoms with van der Waals surface area (Å²) in [5.74, 6) is 0.921. The number of para-hydroxylation sites is 2. The maximum atomic E-state index is 10.0. The number of fused-ring (bicyclic) bond motifs is 1. The van der Waals surface area contributed by atoms with Crippen molar-refractivity contribution in [3.63, 3.8) is 0 Å². The highest BCUT2D eigenvalue weighted by atomic mass is 16.5. The molecule has 2 rings (SSSR count). The van der Waals surface area contributed by atoms with Crippen LogP contribution in [0.1, 0.15) is 25.6 Å². The van der Waals surface area contributed by atoms with Gasteiger partial charge in [-0.15, -0.1) is 0 Å². The lowest BCUT2D eigenvalue weighted by atomic mass is 10.2. The fourth-order valence-electron chi connectivity index (χ4n) is 2.16. The fraction of sp³-hybridized carbons (Fsp3) is 0.533. The molecular weight excluding hydrogens is 240 g/mol. The van der Waals surface area contributed by atoms with Crippen molar-refractivity contribution in [3.8, 4) is 0 Å². The molecule has 19 heavy (non-hydrogen) atoms. The third-order valence-electron chi connectivity index (χ3n) is 3.24. The van der Waals surface area contributed by atoms with E-state index in [-0.39, 0.29) is 0 Å². The predicted molar refractivity (Wildman–Crippen MR) is 76.2 cm³/mol. The summed E-state index contributed by atoms with van der Waals surface area (Å²) < 4.78 is 7.44. The molecule has 0 saturated heterocycles. The number of hydrogen-bond acceptors (Lipinski definition) is 3. The standard InChI is InChI=1S/C15H22N2O2/c1-3-9-19-10-8-12(18)11-15-16-13-6-4-5-7-14(13)17(15)2/h4-7,12,18H,3,8-11H2,1-2H3. The largest absolute Gasteiger partial charge is 0.393 e. The van der Waals surface area contributed by atoms with E-state index in [4.69, 9.17) is 4.74 Å². The van der Waals surface area contributed by atoms with E-state index in [0.29, 0.717) is 19.4 Å². The van der Waals surface area contributed by atoms with E-state index in [9.17, 15) is 5.11 Å². The van der Waals surface area contributed by atoms with Gasteiger partial charge in [-0.2, -0.15) is 0 Å². The minimum absolute atomic E-state index is 0.396. The molecular formula is C15H22N2O2. The van der Waals surface area contributed by atoms with Gasteiger partial charge in [-0.25, -0.2) is 4.98 Å². The molecule has 1 atom stereocenters. The number of aliphatic hydroxyl groups excluding tert-OH is 1. The second kappa shape index (κ2) is 6.68.